The van der Waals surface area contributed by atoms with Gasteiger partial charge in [-0.05, 0) is 0 Å². The number of para-hydroxylation sites is 2. The van der Waals surface area contributed by atoms with Crippen LogP contribution in [-0.2, 0) is 32.3 Å². The molecule has 0 saturated carbocycles. The average molecular weight is 778 g/mol. The second-order valence-corrected chi connectivity index (χ2v) is 18.4. The molecule has 1 aliphatic heterocycles. The van der Waals surface area contributed by atoms with Gasteiger partial charge in [0.25, 0.3) is 0 Å². The SMILES string of the molecule is C[C@H](C(=O)OCc1ccccc1[N+](=O)[O-])[C@H]1C(=O)N(CP(C(=O)OCc2ccccc2[N+](=O)[O-])(c2ccccc2)(c2ccccc2)c2ccccc2)[C@@H]1CCO. The standard InChI is InChI=1S/C42H40N3O10P/c1-30(41(48)54-27-31-15-11-13-23-36(31)44(50)51)39-38(25-26-46)43(40(39)47)29-56(33-17-5-2-6-18-33,34-19-7-3-8-20-34,35-21-9-4-10-22-35)42(49)55-28-32-16-12-14-24-37(32)45(52)53/h2-24,30,38-39,46H,25-29H2,1H3/t30-,38+,39+/m0/s1. The molecule has 1 saturated heterocycles. The predicted octanol–water partition coefficient (Wildman–Crippen LogP) is 6.22. The van der Waals surface area contributed by atoms with E-state index in [4.69, 9.17) is 9.47 Å². The molecule has 6 rings (SSSR count). The number of nitrogens with zero attached hydrogens (tertiary/aromatic N) is 3. The van der Waals surface area contributed by atoms with Crippen molar-refractivity contribution in [1.29, 1.82) is 0 Å². The molecular formula is C42H40N3O10P. The predicted molar refractivity (Wildman–Crippen MR) is 211 cm³/mol. The van der Waals surface area contributed by atoms with Crippen LogP contribution in [0.15, 0.2) is 140 Å². The molecule has 0 spiro atoms. The summed E-state index contributed by atoms with van der Waals surface area (Å²) in [6, 6.07) is 38.2. The van der Waals surface area contributed by atoms with Crippen LogP contribution in [0.25, 0.3) is 0 Å². The third kappa shape index (κ3) is 6.91. The van der Waals surface area contributed by atoms with Crippen LogP contribution in [-0.4, -0.2) is 56.4 Å². The van der Waals surface area contributed by atoms with Gasteiger partial charge in [-0.15, -0.1) is 0 Å². The number of esters is 1. The molecule has 13 nitrogen and oxygen atoms in total. The van der Waals surface area contributed by atoms with Crippen molar-refractivity contribution < 1.29 is 38.8 Å². The van der Waals surface area contributed by atoms with Gasteiger partial charge in [0, 0.05) is 0 Å². The van der Waals surface area contributed by atoms with E-state index in [1.165, 1.54) is 41.3 Å². The van der Waals surface area contributed by atoms with Crippen LogP contribution in [0.3, 0.4) is 0 Å². The molecule has 3 atom stereocenters. The molecule has 1 aliphatic rings. The van der Waals surface area contributed by atoms with E-state index in [1.807, 2.05) is 36.4 Å². The second-order valence-electron chi connectivity index (χ2n) is 13.6. The minimum absolute atomic E-state index is 0.0638. The van der Waals surface area contributed by atoms with Crippen molar-refractivity contribution in [2.75, 3.05) is 12.9 Å². The van der Waals surface area contributed by atoms with Gasteiger partial charge in [0.2, 0.25) is 0 Å². The topological polar surface area (TPSA) is 179 Å². The number of hydrogen-bond donors (Lipinski definition) is 1. The van der Waals surface area contributed by atoms with E-state index in [9.17, 15) is 34.9 Å². The van der Waals surface area contributed by atoms with Gasteiger partial charge in [0.1, 0.15) is 0 Å². The van der Waals surface area contributed by atoms with Crippen molar-refractivity contribution in [2.45, 2.75) is 32.6 Å². The fourth-order valence-corrected chi connectivity index (χ4v) is 13.7. The zero-order valence-corrected chi connectivity index (χ0v) is 31.4. The Morgan fingerprint density at radius 2 is 1.11 bits per heavy atom. The molecule has 5 aromatic rings. The van der Waals surface area contributed by atoms with E-state index in [2.05, 4.69) is 0 Å². The molecule has 0 radical (unpaired) electrons. The van der Waals surface area contributed by atoms with Crippen molar-refractivity contribution >= 4 is 51.5 Å². The molecule has 1 fully saturated rings. The molecule has 1 heterocycles. The maximum atomic E-state index is 15.7. The van der Waals surface area contributed by atoms with E-state index < -0.39 is 58.5 Å². The summed E-state index contributed by atoms with van der Waals surface area (Å²) in [5, 5.41) is 35.5. The van der Waals surface area contributed by atoms with Crippen LogP contribution >= 0.6 is 6.60 Å². The molecule has 288 valence electrons. The Bertz CT molecular complexity index is 2140. The normalized spacial score (nSPS) is 16.4. The monoisotopic (exact) mass is 777 g/mol. The molecule has 1 N–H and O–H groups in total. The number of β-lactam (4-membered cyclic amide) rings is 1. The summed E-state index contributed by atoms with van der Waals surface area (Å²) in [4.78, 5) is 67.7. The molecule has 14 heteroatoms. The number of carbonyl (C=O) groups excluding carboxylic acids is 3. The molecule has 1 amide bonds. The zero-order valence-electron chi connectivity index (χ0n) is 30.5. The second kappa shape index (κ2) is 16.6. The van der Waals surface area contributed by atoms with E-state index in [1.54, 1.807) is 73.7 Å². The number of carbonyl (C=O) groups is 3. The van der Waals surface area contributed by atoms with Gasteiger partial charge < -0.3 is 0 Å². The number of aliphatic hydroxyl groups excluding tert-OH is 1. The first-order valence-electron chi connectivity index (χ1n) is 17.9. The molecule has 0 aromatic heterocycles. The van der Waals surface area contributed by atoms with E-state index in [0.29, 0.717) is 15.9 Å². The summed E-state index contributed by atoms with van der Waals surface area (Å²) in [6.45, 7) is -4.34. The Hall–Kier alpha value is -6.30. The Morgan fingerprint density at radius 1 is 0.696 bits per heavy atom. The van der Waals surface area contributed by atoms with Gasteiger partial charge in [-0.2, -0.15) is 0 Å². The van der Waals surface area contributed by atoms with Crippen LogP contribution in [0, 0.1) is 32.1 Å². The number of benzene rings is 5. The van der Waals surface area contributed by atoms with Crippen LogP contribution < -0.4 is 15.9 Å². The van der Waals surface area contributed by atoms with Crippen LogP contribution in [0.5, 0.6) is 0 Å². The van der Waals surface area contributed by atoms with Crippen LogP contribution in [0.2, 0.25) is 0 Å². The quantitative estimate of drug-likeness (QED) is 0.0398. The minimum atomic E-state index is -4.72. The third-order valence-electron chi connectivity index (χ3n) is 10.6. The Balaban J connectivity index is 1.46. The average Bonchev–Trinajstić information content (AvgIpc) is 3.23. The van der Waals surface area contributed by atoms with Crippen molar-refractivity contribution in [2.24, 2.45) is 11.8 Å². The number of nitro groups is 2. The third-order valence-corrected chi connectivity index (χ3v) is 16.8. The fraction of sp³-hybridized carbons (Fsp3) is 0.214. The number of aliphatic hydroxyl groups is 1. The summed E-state index contributed by atoms with van der Waals surface area (Å²) < 4.78 is 11.8. The number of amides is 1. The van der Waals surface area contributed by atoms with E-state index >= 15 is 4.79 Å². The van der Waals surface area contributed by atoms with Crippen molar-refractivity contribution in [3.63, 3.8) is 0 Å². The summed E-state index contributed by atoms with van der Waals surface area (Å²) in [6.07, 6.45) is -0.147. The molecule has 0 aliphatic carbocycles. The first-order valence-corrected chi connectivity index (χ1v) is 20.3. The van der Waals surface area contributed by atoms with Gasteiger partial charge in [0.05, 0.1) is 0 Å². The summed E-state index contributed by atoms with van der Waals surface area (Å²) >= 11 is 0. The summed E-state index contributed by atoms with van der Waals surface area (Å²) in [5.41, 5.74) is -0.736. The first-order chi connectivity index (χ1) is 27.0. The van der Waals surface area contributed by atoms with Crippen LogP contribution in [0.1, 0.15) is 24.5 Å². The van der Waals surface area contributed by atoms with Gasteiger partial charge in [-0.25, -0.2) is 0 Å². The van der Waals surface area contributed by atoms with E-state index in [-0.39, 0.29) is 48.4 Å². The Labute approximate surface area is 322 Å². The van der Waals surface area contributed by atoms with Crippen molar-refractivity contribution in [1.82, 2.24) is 4.90 Å². The van der Waals surface area contributed by atoms with Crippen molar-refractivity contribution in [3.8, 4) is 0 Å². The molecule has 56 heavy (non-hydrogen) atoms. The number of nitro benzene ring substituents is 2. The number of ether oxygens (including phenoxy) is 2. The van der Waals surface area contributed by atoms with Crippen LogP contribution in [0.4, 0.5) is 16.2 Å². The molecular weight excluding hydrogens is 737 g/mol. The fourth-order valence-electron chi connectivity index (χ4n) is 7.79. The van der Waals surface area contributed by atoms with Gasteiger partial charge >= 0.3 is 323 Å². The molecule has 0 bridgehead atoms. The van der Waals surface area contributed by atoms with E-state index in [0.717, 1.165) is 0 Å². The summed E-state index contributed by atoms with van der Waals surface area (Å²) in [7, 11) is 0. The molecule has 0 unspecified atom stereocenters. The van der Waals surface area contributed by atoms with Gasteiger partial charge in [0.15, 0.2) is 0 Å². The maximum absolute atomic E-state index is 15.7. The zero-order chi connectivity index (χ0) is 39.9. The number of hydrogen-bond acceptors (Lipinski definition) is 10. The van der Waals surface area contributed by atoms with Gasteiger partial charge in [-0.1, -0.05) is 0 Å². The Morgan fingerprint density at radius 3 is 1.54 bits per heavy atom. The van der Waals surface area contributed by atoms with Gasteiger partial charge in [-0.3, -0.25) is 0 Å². The summed E-state index contributed by atoms with van der Waals surface area (Å²) in [5.74, 6) is -3.17. The number of likely N-dealkylation sites (tertiary alicyclic amines) is 1. The molecule has 5 aromatic carbocycles. The van der Waals surface area contributed by atoms with Crippen molar-refractivity contribution in [3.05, 3.63) is 171 Å². The number of rotatable bonds is 16. The Kier molecular flexibility index (Phi) is 11.7. The first kappa shape index (κ1) is 39.4.